The molecule has 0 radical (unpaired) electrons. The van der Waals surface area contributed by atoms with Crippen molar-refractivity contribution < 1.29 is 19.1 Å². The smallest absolute Gasteiger partial charge is 0.314 e. The molecular formula is C18H19ClN2O4. The van der Waals surface area contributed by atoms with Crippen molar-refractivity contribution >= 4 is 34.8 Å². The predicted octanol–water partition coefficient (Wildman–Crippen LogP) is 3.71. The van der Waals surface area contributed by atoms with Gasteiger partial charge in [0, 0.05) is 5.02 Å². The van der Waals surface area contributed by atoms with Crippen LogP contribution >= 0.6 is 11.6 Å². The van der Waals surface area contributed by atoms with Gasteiger partial charge in [0.15, 0.2) is 0 Å². The van der Waals surface area contributed by atoms with Crippen LogP contribution in [0.15, 0.2) is 42.5 Å². The molecule has 0 atom stereocenters. The van der Waals surface area contributed by atoms with Gasteiger partial charge < -0.3 is 20.1 Å². The molecule has 0 bridgehead atoms. The maximum absolute atomic E-state index is 12.2. The highest BCUT2D eigenvalue weighted by Crippen LogP contribution is 2.28. The molecule has 0 heterocycles. The number of ether oxygens (including phenoxy) is 2. The van der Waals surface area contributed by atoms with Crippen LogP contribution in [-0.4, -0.2) is 25.0 Å². The van der Waals surface area contributed by atoms with E-state index >= 15 is 0 Å². The van der Waals surface area contributed by atoms with Crippen LogP contribution in [0.3, 0.4) is 0 Å². The number of rotatable bonds is 5. The Labute approximate surface area is 151 Å². The molecule has 25 heavy (non-hydrogen) atoms. The summed E-state index contributed by atoms with van der Waals surface area (Å²) in [5.74, 6) is -0.796. The number of carbonyl (C=O) groups excluding carboxylic acids is 2. The number of amides is 2. The molecule has 0 aliphatic rings. The van der Waals surface area contributed by atoms with E-state index in [1.54, 1.807) is 36.4 Å². The van der Waals surface area contributed by atoms with E-state index in [2.05, 4.69) is 10.6 Å². The van der Waals surface area contributed by atoms with Crippen LogP contribution in [0.5, 0.6) is 11.5 Å². The van der Waals surface area contributed by atoms with Crippen molar-refractivity contribution in [3.63, 3.8) is 0 Å². The molecule has 2 aromatic rings. The van der Waals surface area contributed by atoms with Crippen LogP contribution in [0.2, 0.25) is 5.02 Å². The zero-order chi connectivity index (χ0) is 18.4. The summed E-state index contributed by atoms with van der Waals surface area (Å²) in [5, 5.41) is 5.43. The van der Waals surface area contributed by atoms with E-state index in [-0.39, 0.29) is 6.10 Å². The quantitative estimate of drug-likeness (QED) is 0.795. The number of hydrogen-bond acceptors (Lipinski definition) is 4. The van der Waals surface area contributed by atoms with Gasteiger partial charge in [-0.15, -0.1) is 0 Å². The largest absolute Gasteiger partial charge is 0.495 e. The Morgan fingerprint density at radius 3 is 2.24 bits per heavy atom. The summed E-state index contributed by atoms with van der Waals surface area (Å²) in [6, 6.07) is 11.6. The van der Waals surface area contributed by atoms with Gasteiger partial charge >= 0.3 is 11.8 Å². The van der Waals surface area contributed by atoms with Crippen molar-refractivity contribution in [3.8, 4) is 11.5 Å². The minimum absolute atomic E-state index is 0.0670. The van der Waals surface area contributed by atoms with Crippen LogP contribution in [0, 0.1) is 0 Å². The molecule has 0 saturated carbocycles. The maximum Gasteiger partial charge on any atom is 0.314 e. The number of carbonyl (C=O) groups is 2. The lowest BCUT2D eigenvalue weighted by molar-refractivity contribution is -0.133. The average molecular weight is 363 g/mol. The molecular weight excluding hydrogens is 344 g/mol. The zero-order valence-corrected chi connectivity index (χ0v) is 14.9. The summed E-state index contributed by atoms with van der Waals surface area (Å²) in [6.07, 6.45) is -0.0670. The van der Waals surface area contributed by atoms with E-state index in [0.717, 1.165) is 0 Å². The topological polar surface area (TPSA) is 76.7 Å². The van der Waals surface area contributed by atoms with Gasteiger partial charge in [0.05, 0.1) is 24.6 Å². The molecule has 6 nitrogen and oxygen atoms in total. The molecule has 0 saturated heterocycles. The van der Waals surface area contributed by atoms with Crippen LogP contribution < -0.4 is 20.1 Å². The molecule has 7 heteroatoms. The Balaban J connectivity index is 2.12. The third-order valence-electron chi connectivity index (χ3n) is 3.11. The fourth-order valence-electron chi connectivity index (χ4n) is 2.06. The lowest BCUT2D eigenvalue weighted by atomic mass is 10.2. The third-order valence-corrected chi connectivity index (χ3v) is 3.35. The molecule has 0 spiro atoms. The number of methoxy groups -OCH3 is 1. The molecule has 132 valence electrons. The predicted molar refractivity (Wildman–Crippen MR) is 97.5 cm³/mol. The Morgan fingerprint density at radius 1 is 0.960 bits per heavy atom. The van der Waals surface area contributed by atoms with E-state index in [0.29, 0.717) is 27.9 Å². The first-order valence-electron chi connectivity index (χ1n) is 7.62. The van der Waals surface area contributed by atoms with Gasteiger partial charge in [0.25, 0.3) is 0 Å². The highest BCUT2D eigenvalue weighted by Gasteiger charge is 2.18. The van der Waals surface area contributed by atoms with Crippen molar-refractivity contribution in [2.45, 2.75) is 20.0 Å². The van der Waals surface area contributed by atoms with Gasteiger partial charge in [0.1, 0.15) is 11.5 Å². The molecule has 2 amide bonds. The summed E-state index contributed by atoms with van der Waals surface area (Å²) >= 11 is 5.91. The van der Waals surface area contributed by atoms with Gasteiger partial charge in [-0.1, -0.05) is 23.7 Å². The fraction of sp³-hybridized carbons (Fsp3) is 0.222. The van der Waals surface area contributed by atoms with Crippen molar-refractivity contribution in [2.75, 3.05) is 17.7 Å². The maximum atomic E-state index is 12.2. The van der Waals surface area contributed by atoms with Gasteiger partial charge in [-0.05, 0) is 44.2 Å². The minimum atomic E-state index is -0.847. The molecule has 0 unspecified atom stereocenters. The number of hydrogen-bond donors (Lipinski definition) is 2. The molecule has 0 aliphatic heterocycles. The van der Waals surface area contributed by atoms with E-state index in [4.69, 9.17) is 21.1 Å². The second kappa shape index (κ2) is 8.39. The lowest BCUT2D eigenvalue weighted by Gasteiger charge is -2.15. The second-order valence-corrected chi connectivity index (χ2v) is 5.85. The highest BCUT2D eigenvalue weighted by atomic mass is 35.5. The summed E-state index contributed by atoms with van der Waals surface area (Å²) in [4.78, 5) is 24.4. The van der Waals surface area contributed by atoms with Crippen LogP contribution in [0.1, 0.15) is 13.8 Å². The normalized spacial score (nSPS) is 10.3. The summed E-state index contributed by atoms with van der Waals surface area (Å²) < 4.78 is 10.7. The SMILES string of the molecule is COc1ccc(Cl)cc1NC(=O)C(=O)Nc1ccccc1OC(C)C. The van der Waals surface area contributed by atoms with Gasteiger partial charge in [-0.3, -0.25) is 9.59 Å². The molecule has 2 rings (SSSR count). The van der Waals surface area contributed by atoms with E-state index in [1.807, 2.05) is 13.8 Å². The van der Waals surface area contributed by atoms with E-state index < -0.39 is 11.8 Å². The van der Waals surface area contributed by atoms with Crippen molar-refractivity contribution in [3.05, 3.63) is 47.5 Å². The van der Waals surface area contributed by atoms with E-state index in [9.17, 15) is 9.59 Å². The minimum Gasteiger partial charge on any atom is -0.495 e. The number of nitrogens with one attached hydrogen (secondary N) is 2. The Morgan fingerprint density at radius 2 is 1.60 bits per heavy atom. The Hall–Kier alpha value is -2.73. The van der Waals surface area contributed by atoms with Gasteiger partial charge in [0.2, 0.25) is 0 Å². The first-order chi connectivity index (χ1) is 11.9. The summed E-state index contributed by atoms with van der Waals surface area (Å²) in [5.41, 5.74) is 0.719. The van der Waals surface area contributed by atoms with Crippen molar-refractivity contribution in [2.24, 2.45) is 0 Å². The number of benzene rings is 2. The molecule has 0 fully saturated rings. The molecule has 0 aromatic heterocycles. The molecule has 2 aromatic carbocycles. The molecule has 0 aliphatic carbocycles. The highest BCUT2D eigenvalue weighted by molar-refractivity contribution is 6.44. The van der Waals surface area contributed by atoms with Crippen molar-refractivity contribution in [1.82, 2.24) is 0 Å². The average Bonchev–Trinajstić information content (AvgIpc) is 2.56. The van der Waals surface area contributed by atoms with E-state index in [1.165, 1.54) is 13.2 Å². The number of anilines is 2. The molecule has 2 N–H and O–H groups in total. The van der Waals surface area contributed by atoms with Gasteiger partial charge in [-0.2, -0.15) is 0 Å². The monoisotopic (exact) mass is 362 g/mol. The number of halogens is 1. The second-order valence-electron chi connectivity index (χ2n) is 5.42. The fourth-order valence-corrected chi connectivity index (χ4v) is 2.23. The number of para-hydroxylation sites is 2. The zero-order valence-electron chi connectivity index (χ0n) is 14.1. The first kappa shape index (κ1) is 18.6. The Kier molecular flexibility index (Phi) is 6.25. The Bertz CT molecular complexity index is 777. The summed E-state index contributed by atoms with van der Waals surface area (Å²) in [7, 11) is 1.46. The van der Waals surface area contributed by atoms with Gasteiger partial charge in [-0.25, -0.2) is 0 Å². The van der Waals surface area contributed by atoms with Crippen LogP contribution in [0.4, 0.5) is 11.4 Å². The first-order valence-corrected chi connectivity index (χ1v) is 8.00. The van der Waals surface area contributed by atoms with Crippen molar-refractivity contribution in [1.29, 1.82) is 0 Å². The lowest BCUT2D eigenvalue weighted by Crippen LogP contribution is -2.29. The standard InChI is InChI=1S/C18H19ClN2O4/c1-11(2)25-16-7-5-4-6-13(16)20-17(22)18(23)21-14-10-12(19)8-9-15(14)24-3/h4-11H,1-3H3,(H,20,22)(H,21,23). The third kappa shape index (κ3) is 5.12. The van der Waals surface area contributed by atoms with Crippen LogP contribution in [0.25, 0.3) is 0 Å². The van der Waals surface area contributed by atoms with Crippen LogP contribution in [-0.2, 0) is 9.59 Å². The summed E-state index contributed by atoms with van der Waals surface area (Å²) in [6.45, 7) is 3.74.